The van der Waals surface area contributed by atoms with Crippen LogP contribution in [0, 0.1) is 6.92 Å². The minimum absolute atomic E-state index is 0.259. The molecule has 2 aromatic carbocycles. The number of carbonyl (C=O) groups excluding carboxylic acids is 1. The van der Waals surface area contributed by atoms with Crippen LogP contribution in [0.15, 0.2) is 65.1 Å². The molecule has 1 aliphatic heterocycles. The third-order valence-electron chi connectivity index (χ3n) is 4.93. The van der Waals surface area contributed by atoms with Crippen molar-refractivity contribution in [3.05, 3.63) is 86.6 Å². The number of aryl methyl sites for hydroxylation is 1. The van der Waals surface area contributed by atoms with Crippen LogP contribution in [-0.2, 0) is 10.0 Å². The monoisotopic (exact) mass is 473 g/mol. The highest BCUT2D eigenvalue weighted by molar-refractivity contribution is 7.92. The van der Waals surface area contributed by atoms with Crippen molar-refractivity contribution in [2.75, 3.05) is 11.0 Å². The van der Waals surface area contributed by atoms with Crippen molar-refractivity contribution < 1.29 is 13.2 Å². The summed E-state index contributed by atoms with van der Waals surface area (Å²) in [6, 6.07) is 15.7. The lowest BCUT2D eigenvalue weighted by atomic mass is 10.0. The molecule has 0 aliphatic carbocycles. The first kappa shape index (κ1) is 21.5. The average molecular weight is 474 g/mol. The standard InChI is InChI=1S/C22H20ClN3O3S2/c1-14-10-11-30-21(14)20-13-19(15-6-5-7-16(12-15)25-31(2,28)29)24-26(20)22(27)17-8-3-4-9-18(17)23/h3-12,20,25H,13H2,1-2H3. The lowest BCUT2D eigenvalue weighted by Gasteiger charge is -2.22. The highest BCUT2D eigenvalue weighted by atomic mass is 35.5. The summed E-state index contributed by atoms with van der Waals surface area (Å²) in [5.41, 5.74) is 3.39. The van der Waals surface area contributed by atoms with Gasteiger partial charge in [-0.05, 0) is 53.8 Å². The van der Waals surface area contributed by atoms with E-state index >= 15 is 0 Å². The highest BCUT2D eigenvalue weighted by Gasteiger charge is 2.35. The number of nitrogens with one attached hydrogen (secondary N) is 1. The van der Waals surface area contributed by atoms with Crippen LogP contribution in [0.3, 0.4) is 0 Å². The van der Waals surface area contributed by atoms with E-state index in [2.05, 4.69) is 9.82 Å². The number of carbonyl (C=O) groups is 1. The Kier molecular flexibility index (Phi) is 5.88. The van der Waals surface area contributed by atoms with Crippen molar-refractivity contribution in [3.8, 4) is 0 Å². The summed E-state index contributed by atoms with van der Waals surface area (Å²) in [7, 11) is -3.40. The van der Waals surface area contributed by atoms with Crippen molar-refractivity contribution in [2.24, 2.45) is 5.10 Å². The fraction of sp³-hybridized carbons (Fsp3) is 0.182. The smallest absolute Gasteiger partial charge is 0.276 e. The summed E-state index contributed by atoms with van der Waals surface area (Å²) in [5.74, 6) is -0.274. The zero-order valence-corrected chi connectivity index (χ0v) is 19.3. The Morgan fingerprint density at radius 3 is 2.65 bits per heavy atom. The molecule has 1 N–H and O–H groups in total. The Morgan fingerprint density at radius 1 is 1.19 bits per heavy atom. The van der Waals surface area contributed by atoms with Gasteiger partial charge in [-0.15, -0.1) is 11.3 Å². The van der Waals surface area contributed by atoms with Gasteiger partial charge in [0.2, 0.25) is 10.0 Å². The summed E-state index contributed by atoms with van der Waals surface area (Å²) < 4.78 is 25.7. The van der Waals surface area contributed by atoms with Crippen molar-refractivity contribution >= 4 is 50.3 Å². The number of nitrogens with zero attached hydrogens (tertiary/aromatic N) is 2. The van der Waals surface area contributed by atoms with E-state index in [1.165, 1.54) is 5.01 Å². The van der Waals surface area contributed by atoms with Crippen LogP contribution in [0.5, 0.6) is 0 Å². The maximum atomic E-state index is 13.4. The van der Waals surface area contributed by atoms with Gasteiger partial charge in [0.05, 0.1) is 28.6 Å². The van der Waals surface area contributed by atoms with E-state index in [0.29, 0.717) is 28.4 Å². The van der Waals surface area contributed by atoms with E-state index < -0.39 is 10.0 Å². The maximum Gasteiger partial charge on any atom is 0.276 e. The molecule has 0 saturated heterocycles. The molecule has 31 heavy (non-hydrogen) atoms. The van der Waals surface area contributed by atoms with Gasteiger partial charge in [-0.2, -0.15) is 5.10 Å². The van der Waals surface area contributed by atoms with Gasteiger partial charge in [-0.3, -0.25) is 9.52 Å². The molecule has 4 rings (SSSR count). The number of amides is 1. The predicted octanol–water partition coefficient (Wildman–Crippen LogP) is 5.07. The number of benzene rings is 2. The first-order valence-electron chi connectivity index (χ1n) is 9.51. The van der Waals surface area contributed by atoms with E-state index in [1.807, 2.05) is 24.4 Å². The fourth-order valence-corrected chi connectivity index (χ4v) is 5.32. The van der Waals surface area contributed by atoms with Crippen molar-refractivity contribution in [3.63, 3.8) is 0 Å². The molecule has 1 amide bonds. The number of hydrazone groups is 1. The molecule has 0 bridgehead atoms. The molecular formula is C22H20ClN3O3S2. The molecule has 0 saturated carbocycles. The Balaban J connectivity index is 1.74. The second-order valence-corrected chi connectivity index (χ2v) is 10.4. The third-order valence-corrected chi connectivity index (χ3v) is 6.98. The van der Waals surface area contributed by atoms with Crippen LogP contribution in [-0.4, -0.2) is 31.3 Å². The molecule has 0 spiro atoms. The number of hydrogen-bond donors (Lipinski definition) is 1. The van der Waals surface area contributed by atoms with Crippen LogP contribution in [0.1, 0.15) is 38.8 Å². The molecule has 9 heteroatoms. The Morgan fingerprint density at radius 2 is 1.97 bits per heavy atom. The predicted molar refractivity (Wildman–Crippen MR) is 125 cm³/mol. The van der Waals surface area contributed by atoms with E-state index in [1.54, 1.807) is 53.8 Å². The molecule has 0 radical (unpaired) electrons. The second kappa shape index (κ2) is 8.45. The van der Waals surface area contributed by atoms with E-state index in [-0.39, 0.29) is 11.9 Å². The van der Waals surface area contributed by atoms with Gasteiger partial charge in [-0.1, -0.05) is 35.9 Å². The van der Waals surface area contributed by atoms with Crippen LogP contribution < -0.4 is 4.72 Å². The van der Waals surface area contributed by atoms with E-state index in [0.717, 1.165) is 22.3 Å². The van der Waals surface area contributed by atoms with Crippen molar-refractivity contribution in [2.45, 2.75) is 19.4 Å². The molecule has 3 aromatic rings. The number of hydrogen-bond acceptors (Lipinski definition) is 5. The van der Waals surface area contributed by atoms with Crippen LogP contribution in [0.25, 0.3) is 0 Å². The van der Waals surface area contributed by atoms with Crippen LogP contribution in [0.2, 0.25) is 5.02 Å². The minimum atomic E-state index is -3.40. The molecular weight excluding hydrogens is 454 g/mol. The van der Waals surface area contributed by atoms with Crippen LogP contribution in [0.4, 0.5) is 5.69 Å². The minimum Gasteiger partial charge on any atom is -0.284 e. The van der Waals surface area contributed by atoms with Gasteiger partial charge < -0.3 is 0 Å². The first-order chi connectivity index (χ1) is 14.7. The topological polar surface area (TPSA) is 78.8 Å². The molecule has 2 heterocycles. The number of rotatable bonds is 5. The first-order valence-corrected chi connectivity index (χ1v) is 12.7. The largest absolute Gasteiger partial charge is 0.284 e. The van der Waals surface area contributed by atoms with Gasteiger partial charge in [0, 0.05) is 17.0 Å². The molecule has 1 aromatic heterocycles. The maximum absolute atomic E-state index is 13.4. The molecule has 0 fully saturated rings. The summed E-state index contributed by atoms with van der Waals surface area (Å²) in [4.78, 5) is 14.4. The van der Waals surface area contributed by atoms with Crippen molar-refractivity contribution in [1.82, 2.24) is 5.01 Å². The summed E-state index contributed by atoms with van der Waals surface area (Å²) >= 11 is 7.86. The number of thiophene rings is 1. The summed E-state index contributed by atoms with van der Waals surface area (Å²) in [5, 5.41) is 8.53. The molecule has 160 valence electrons. The van der Waals surface area contributed by atoms with Gasteiger partial charge >= 0.3 is 0 Å². The second-order valence-electron chi connectivity index (χ2n) is 7.32. The summed E-state index contributed by atoms with van der Waals surface area (Å²) in [6.07, 6.45) is 1.62. The van der Waals surface area contributed by atoms with E-state index in [4.69, 9.17) is 11.6 Å². The lowest BCUT2D eigenvalue weighted by Crippen LogP contribution is -2.27. The number of sulfonamides is 1. The SMILES string of the molecule is Cc1ccsc1C1CC(c2cccc(NS(C)(=O)=O)c2)=NN1C(=O)c1ccccc1Cl. The van der Waals surface area contributed by atoms with Gasteiger partial charge in [0.25, 0.3) is 5.91 Å². The zero-order chi connectivity index (χ0) is 22.2. The highest BCUT2D eigenvalue weighted by Crippen LogP contribution is 2.38. The Bertz CT molecular complexity index is 1280. The number of halogens is 1. The number of anilines is 1. The summed E-state index contributed by atoms with van der Waals surface area (Å²) in [6.45, 7) is 2.01. The van der Waals surface area contributed by atoms with Crippen LogP contribution >= 0.6 is 22.9 Å². The van der Waals surface area contributed by atoms with Gasteiger partial charge in [-0.25, -0.2) is 13.4 Å². The Labute approximate surface area is 190 Å². The fourth-order valence-electron chi connectivity index (χ4n) is 3.54. The third kappa shape index (κ3) is 4.66. The normalized spacial score (nSPS) is 16.3. The molecule has 1 atom stereocenters. The van der Waals surface area contributed by atoms with Gasteiger partial charge in [0.15, 0.2) is 0 Å². The van der Waals surface area contributed by atoms with Gasteiger partial charge in [0.1, 0.15) is 0 Å². The van der Waals surface area contributed by atoms with E-state index in [9.17, 15) is 13.2 Å². The molecule has 6 nitrogen and oxygen atoms in total. The quantitative estimate of drug-likeness (QED) is 0.561. The zero-order valence-electron chi connectivity index (χ0n) is 16.9. The average Bonchev–Trinajstić information content (AvgIpc) is 3.33. The molecule has 1 aliphatic rings. The lowest BCUT2D eigenvalue weighted by molar-refractivity contribution is 0.0713. The Hall–Kier alpha value is -2.68. The molecule has 1 unspecified atom stereocenters. The van der Waals surface area contributed by atoms with Crippen molar-refractivity contribution in [1.29, 1.82) is 0 Å².